The van der Waals surface area contributed by atoms with Gasteiger partial charge in [0, 0.05) is 36.1 Å². The standard InChI is InChI=1S/C23H21F2NO4/c1-29-20-6-3-12(9-21(20)30-2)13-7-18-23(19(27)8-13)16(11-22(28)26-18)15-5-4-14(24)10-17(15)25/h3-6,9-10,13,16H,7-8,11H2,1-2H3,(H,26,28)/t13-,16+/m0/s1. The van der Waals surface area contributed by atoms with Gasteiger partial charge in [0.15, 0.2) is 17.3 Å². The molecule has 5 nitrogen and oxygen atoms in total. The predicted molar refractivity (Wildman–Crippen MR) is 105 cm³/mol. The molecule has 7 heteroatoms. The summed E-state index contributed by atoms with van der Waals surface area (Å²) in [6.45, 7) is 0. The number of carbonyl (C=O) groups is 2. The number of halogens is 2. The van der Waals surface area contributed by atoms with Gasteiger partial charge in [-0.3, -0.25) is 9.59 Å². The second-order valence-electron chi connectivity index (χ2n) is 7.51. The van der Waals surface area contributed by atoms with Gasteiger partial charge in [0.05, 0.1) is 14.2 Å². The van der Waals surface area contributed by atoms with Crippen LogP contribution in [0.25, 0.3) is 0 Å². The third-order valence-electron chi connectivity index (χ3n) is 5.75. The molecule has 0 spiro atoms. The second-order valence-corrected chi connectivity index (χ2v) is 7.51. The lowest BCUT2D eigenvalue weighted by Gasteiger charge is -2.34. The largest absolute Gasteiger partial charge is 0.493 e. The van der Waals surface area contributed by atoms with Crippen LogP contribution in [0.15, 0.2) is 47.7 Å². The van der Waals surface area contributed by atoms with Crippen molar-refractivity contribution < 1.29 is 27.8 Å². The van der Waals surface area contributed by atoms with E-state index < -0.39 is 17.6 Å². The molecule has 1 amide bonds. The zero-order valence-electron chi connectivity index (χ0n) is 16.6. The Kier molecular flexibility index (Phi) is 5.28. The van der Waals surface area contributed by atoms with Crippen molar-refractivity contribution in [3.63, 3.8) is 0 Å². The zero-order valence-corrected chi connectivity index (χ0v) is 16.6. The lowest BCUT2D eigenvalue weighted by Crippen LogP contribution is -2.38. The van der Waals surface area contributed by atoms with Gasteiger partial charge in [-0.2, -0.15) is 0 Å². The lowest BCUT2D eigenvalue weighted by molar-refractivity contribution is -0.122. The van der Waals surface area contributed by atoms with E-state index >= 15 is 0 Å². The van der Waals surface area contributed by atoms with Gasteiger partial charge in [-0.05, 0) is 41.7 Å². The number of amides is 1. The molecule has 1 aliphatic carbocycles. The summed E-state index contributed by atoms with van der Waals surface area (Å²) in [5.74, 6) is -1.62. The summed E-state index contributed by atoms with van der Waals surface area (Å²) in [7, 11) is 3.09. The van der Waals surface area contributed by atoms with Gasteiger partial charge < -0.3 is 14.8 Å². The molecule has 2 aromatic rings. The summed E-state index contributed by atoms with van der Waals surface area (Å²) in [5, 5.41) is 2.80. The Labute approximate surface area is 172 Å². The van der Waals surface area contributed by atoms with E-state index in [1.165, 1.54) is 13.2 Å². The Bertz CT molecular complexity index is 1060. The molecule has 0 bridgehead atoms. The molecule has 156 valence electrons. The van der Waals surface area contributed by atoms with E-state index in [4.69, 9.17) is 9.47 Å². The van der Waals surface area contributed by atoms with E-state index in [-0.39, 0.29) is 36.0 Å². The minimum atomic E-state index is -0.753. The highest BCUT2D eigenvalue weighted by atomic mass is 19.1. The van der Waals surface area contributed by atoms with Crippen molar-refractivity contribution in [1.82, 2.24) is 5.32 Å². The third-order valence-corrected chi connectivity index (χ3v) is 5.75. The molecule has 0 unspecified atom stereocenters. The number of allylic oxidation sites excluding steroid dienone is 2. The maximum Gasteiger partial charge on any atom is 0.225 e. The van der Waals surface area contributed by atoms with Gasteiger partial charge in [0.2, 0.25) is 5.91 Å². The summed E-state index contributed by atoms with van der Waals surface area (Å²) in [6.07, 6.45) is 0.610. The predicted octanol–water partition coefficient (Wildman–Crippen LogP) is 3.99. The van der Waals surface area contributed by atoms with E-state index in [9.17, 15) is 18.4 Å². The number of rotatable bonds is 4. The maximum absolute atomic E-state index is 14.4. The monoisotopic (exact) mass is 413 g/mol. The van der Waals surface area contributed by atoms with E-state index in [0.29, 0.717) is 29.2 Å². The van der Waals surface area contributed by atoms with Crippen molar-refractivity contribution in [2.75, 3.05) is 14.2 Å². The highest BCUT2D eigenvalue weighted by Gasteiger charge is 2.39. The first-order chi connectivity index (χ1) is 14.4. The van der Waals surface area contributed by atoms with Crippen LogP contribution in [0.1, 0.15) is 42.2 Å². The molecular formula is C23H21F2NO4. The molecule has 0 aromatic heterocycles. The van der Waals surface area contributed by atoms with Gasteiger partial charge in [0.25, 0.3) is 0 Å². The molecule has 2 aliphatic rings. The molecule has 0 saturated carbocycles. The average molecular weight is 413 g/mol. The second kappa shape index (κ2) is 7.89. The number of hydrogen-bond donors (Lipinski definition) is 1. The number of carbonyl (C=O) groups excluding carboxylic acids is 2. The SMILES string of the molecule is COc1ccc([C@@H]2CC(=O)C3=C(C2)NC(=O)C[C@@H]3c2ccc(F)cc2F)cc1OC. The number of nitrogens with one attached hydrogen (secondary N) is 1. The van der Waals surface area contributed by atoms with Gasteiger partial charge >= 0.3 is 0 Å². The van der Waals surface area contributed by atoms with Crippen LogP contribution in [-0.2, 0) is 9.59 Å². The first kappa shape index (κ1) is 20.1. The summed E-state index contributed by atoms with van der Waals surface area (Å²) >= 11 is 0. The van der Waals surface area contributed by atoms with Crippen LogP contribution in [0.3, 0.4) is 0 Å². The summed E-state index contributed by atoms with van der Waals surface area (Å²) < 4.78 is 38.4. The molecule has 1 N–H and O–H groups in total. The minimum Gasteiger partial charge on any atom is -0.493 e. The van der Waals surface area contributed by atoms with E-state index in [2.05, 4.69) is 5.32 Å². The van der Waals surface area contributed by atoms with Crippen LogP contribution in [0.4, 0.5) is 8.78 Å². The van der Waals surface area contributed by atoms with Gasteiger partial charge in [0.1, 0.15) is 11.6 Å². The van der Waals surface area contributed by atoms with Crippen LogP contribution in [0.2, 0.25) is 0 Å². The molecule has 0 fully saturated rings. The average Bonchev–Trinajstić information content (AvgIpc) is 2.72. The number of hydrogen-bond acceptors (Lipinski definition) is 4. The number of benzene rings is 2. The smallest absolute Gasteiger partial charge is 0.225 e. The topological polar surface area (TPSA) is 64.6 Å². The molecule has 1 aliphatic heterocycles. The van der Waals surface area contributed by atoms with Crippen LogP contribution in [0, 0.1) is 11.6 Å². The van der Waals surface area contributed by atoms with Crippen molar-refractivity contribution >= 4 is 11.7 Å². The first-order valence-corrected chi connectivity index (χ1v) is 9.64. The normalized spacial score (nSPS) is 21.2. The Hall–Kier alpha value is -3.22. The number of ketones is 1. The van der Waals surface area contributed by atoms with Crippen molar-refractivity contribution in [2.45, 2.75) is 31.1 Å². The highest BCUT2D eigenvalue weighted by molar-refractivity contribution is 6.02. The minimum absolute atomic E-state index is 0.0475. The van der Waals surface area contributed by atoms with Crippen LogP contribution < -0.4 is 14.8 Å². The van der Waals surface area contributed by atoms with E-state index in [1.807, 2.05) is 12.1 Å². The third kappa shape index (κ3) is 3.56. The fourth-order valence-corrected chi connectivity index (χ4v) is 4.35. The molecule has 2 aromatic carbocycles. The molecule has 30 heavy (non-hydrogen) atoms. The molecule has 4 rings (SSSR count). The molecule has 0 saturated heterocycles. The maximum atomic E-state index is 14.4. The highest BCUT2D eigenvalue weighted by Crippen LogP contribution is 2.44. The van der Waals surface area contributed by atoms with Crippen molar-refractivity contribution in [2.24, 2.45) is 0 Å². The number of methoxy groups -OCH3 is 2. The first-order valence-electron chi connectivity index (χ1n) is 9.64. The number of Topliss-reactive ketones (excluding diaryl/α,β-unsaturated/α-hetero) is 1. The van der Waals surface area contributed by atoms with Gasteiger partial charge in [-0.25, -0.2) is 8.78 Å². The van der Waals surface area contributed by atoms with Crippen molar-refractivity contribution in [1.29, 1.82) is 0 Å². The Morgan fingerprint density at radius 2 is 1.70 bits per heavy atom. The fraction of sp³-hybridized carbons (Fsp3) is 0.304. The molecule has 2 atom stereocenters. The molecule has 0 radical (unpaired) electrons. The van der Waals surface area contributed by atoms with Gasteiger partial charge in [-0.15, -0.1) is 0 Å². The van der Waals surface area contributed by atoms with E-state index in [0.717, 1.165) is 17.7 Å². The molecular weight excluding hydrogens is 392 g/mol. The summed E-state index contributed by atoms with van der Waals surface area (Å²) in [5.41, 5.74) is 1.97. The molecule has 1 heterocycles. The van der Waals surface area contributed by atoms with E-state index in [1.54, 1.807) is 13.2 Å². The Morgan fingerprint density at radius 1 is 0.933 bits per heavy atom. The van der Waals surface area contributed by atoms with Crippen LogP contribution >= 0.6 is 0 Å². The van der Waals surface area contributed by atoms with Crippen molar-refractivity contribution in [3.8, 4) is 11.5 Å². The summed E-state index contributed by atoms with van der Waals surface area (Å²) in [4.78, 5) is 25.4. The van der Waals surface area contributed by atoms with Gasteiger partial charge in [-0.1, -0.05) is 12.1 Å². The fourth-order valence-electron chi connectivity index (χ4n) is 4.35. The zero-order chi connectivity index (χ0) is 21.4. The Balaban J connectivity index is 1.71. The lowest BCUT2D eigenvalue weighted by atomic mass is 9.73. The summed E-state index contributed by atoms with van der Waals surface area (Å²) in [6, 6.07) is 8.70. The van der Waals surface area contributed by atoms with Crippen molar-refractivity contribution in [3.05, 3.63) is 70.4 Å². The number of ether oxygens (including phenoxy) is 2. The Morgan fingerprint density at radius 3 is 2.40 bits per heavy atom. The van der Waals surface area contributed by atoms with Crippen LogP contribution in [0.5, 0.6) is 11.5 Å². The quantitative estimate of drug-likeness (QED) is 0.823. The van der Waals surface area contributed by atoms with Crippen LogP contribution in [-0.4, -0.2) is 25.9 Å².